The van der Waals surface area contributed by atoms with Crippen molar-refractivity contribution in [3.8, 4) is 0 Å². The molecule has 1 unspecified atom stereocenters. The lowest BCUT2D eigenvalue weighted by atomic mass is 9.96. The summed E-state index contributed by atoms with van der Waals surface area (Å²) in [6.45, 7) is 6.16. The molecule has 1 radical (unpaired) electrons. The van der Waals surface area contributed by atoms with E-state index in [4.69, 9.17) is 0 Å². The van der Waals surface area contributed by atoms with Crippen molar-refractivity contribution in [3.63, 3.8) is 0 Å². The molecule has 0 saturated carbocycles. The summed E-state index contributed by atoms with van der Waals surface area (Å²) >= 11 is 0. The van der Waals surface area contributed by atoms with E-state index in [1.807, 2.05) is 0 Å². The molecule has 0 aliphatic heterocycles. The van der Waals surface area contributed by atoms with Gasteiger partial charge in [-0.15, -0.1) is 0 Å². The summed E-state index contributed by atoms with van der Waals surface area (Å²) in [5.74, 6) is 0.555. The third-order valence-corrected chi connectivity index (χ3v) is 2.78. The second-order valence-corrected chi connectivity index (χ2v) is 3.80. The maximum Gasteiger partial charge on any atom is -0.0181 e. The van der Waals surface area contributed by atoms with Gasteiger partial charge in [0, 0.05) is 0 Å². The van der Waals surface area contributed by atoms with Crippen LogP contribution < -0.4 is 0 Å². The molecular weight excluding hydrogens is 168 g/mol. The van der Waals surface area contributed by atoms with E-state index in [1.165, 1.54) is 16.3 Å². The van der Waals surface area contributed by atoms with Crippen LogP contribution >= 0.6 is 0 Å². The first-order valence-electron chi connectivity index (χ1n) is 5.09. The summed E-state index contributed by atoms with van der Waals surface area (Å²) in [6.07, 6.45) is 0.957. The highest BCUT2D eigenvalue weighted by Gasteiger charge is 2.02. The summed E-state index contributed by atoms with van der Waals surface area (Å²) < 4.78 is 0. The molecule has 0 heteroatoms. The molecule has 1 atom stereocenters. The van der Waals surface area contributed by atoms with Crippen molar-refractivity contribution >= 4 is 10.8 Å². The molecule has 2 rings (SSSR count). The van der Waals surface area contributed by atoms with Crippen LogP contribution in [0.1, 0.15) is 24.8 Å². The van der Waals surface area contributed by atoms with Gasteiger partial charge in [0.05, 0.1) is 0 Å². The van der Waals surface area contributed by atoms with Crippen molar-refractivity contribution in [2.75, 3.05) is 0 Å². The van der Waals surface area contributed by atoms with Crippen LogP contribution in [-0.4, -0.2) is 0 Å². The van der Waals surface area contributed by atoms with Crippen LogP contribution in [0.4, 0.5) is 0 Å². The summed E-state index contributed by atoms with van der Waals surface area (Å²) in [5.41, 5.74) is 1.39. The fraction of sp³-hybridized carbons (Fsp3) is 0.214. The molecule has 2 aromatic carbocycles. The van der Waals surface area contributed by atoms with Crippen molar-refractivity contribution < 1.29 is 0 Å². The van der Waals surface area contributed by atoms with Gasteiger partial charge in [-0.05, 0) is 28.7 Å². The molecule has 0 fully saturated rings. The van der Waals surface area contributed by atoms with E-state index in [0.717, 1.165) is 6.42 Å². The maximum atomic E-state index is 3.94. The Kier molecular flexibility index (Phi) is 2.53. The van der Waals surface area contributed by atoms with Gasteiger partial charge < -0.3 is 0 Å². The van der Waals surface area contributed by atoms with E-state index in [9.17, 15) is 0 Å². The second kappa shape index (κ2) is 3.83. The average Bonchev–Trinajstić information content (AvgIpc) is 2.27. The standard InChI is InChI=1S/C14H15/c1-3-11(2)13-9-8-12-6-4-5-7-14(12)10-13/h4-11H,1,3H2,2H3. The molecule has 0 saturated heterocycles. The van der Waals surface area contributed by atoms with Gasteiger partial charge in [-0.3, -0.25) is 0 Å². The van der Waals surface area contributed by atoms with Gasteiger partial charge in [0.15, 0.2) is 0 Å². The van der Waals surface area contributed by atoms with Gasteiger partial charge >= 0.3 is 0 Å². The fourth-order valence-corrected chi connectivity index (χ4v) is 1.68. The molecule has 14 heavy (non-hydrogen) atoms. The second-order valence-electron chi connectivity index (χ2n) is 3.80. The molecule has 0 amide bonds. The van der Waals surface area contributed by atoms with Crippen LogP contribution in [0.2, 0.25) is 0 Å². The third-order valence-electron chi connectivity index (χ3n) is 2.78. The molecule has 0 aromatic heterocycles. The lowest BCUT2D eigenvalue weighted by Crippen LogP contribution is -1.90. The molecule has 0 N–H and O–H groups in total. The van der Waals surface area contributed by atoms with Gasteiger partial charge in [-0.25, -0.2) is 0 Å². The quantitative estimate of drug-likeness (QED) is 0.655. The van der Waals surface area contributed by atoms with Gasteiger partial charge in [0.2, 0.25) is 0 Å². The first-order chi connectivity index (χ1) is 6.81. The fourth-order valence-electron chi connectivity index (χ4n) is 1.68. The van der Waals surface area contributed by atoms with Crippen LogP contribution in [0.3, 0.4) is 0 Å². The predicted molar refractivity (Wildman–Crippen MR) is 62.3 cm³/mol. The Hall–Kier alpha value is -1.30. The molecule has 0 spiro atoms. The summed E-state index contributed by atoms with van der Waals surface area (Å²) in [6, 6.07) is 15.1. The van der Waals surface area contributed by atoms with E-state index in [2.05, 4.69) is 56.3 Å². The van der Waals surface area contributed by atoms with Crippen LogP contribution in [0.5, 0.6) is 0 Å². The maximum absolute atomic E-state index is 3.94. The van der Waals surface area contributed by atoms with Crippen LogP contribution in [-0.2, 0) is 0 Å². The van der Waals surface area contributed by atoms with Crippen molar-refractivity contribution in [1.29, 1.82) is 0 Å². The van der Waals surface area contributed by atoms with Crippen molar-refractivity contribution in [3.05, 3.63) is 55.0 Å². The van der Waals surface area contributed by atoms with Crippen molar-refractivity contribution in [2.45, 2.75) is 19.3 Å². The minimum Gasteiger partial charge on any atom is -0.0616 e. The molecule has 0 heterocycles. The van der Waals surface area contributed by atoms with Gasteiger partial charge in [-0.1, -0.05) is 56.3 Å². The van der Waals surface area contributed by atoms with E-state index >= 15 is 0 Å². The lowest BCUT2D eigenvalue weighted by molar-refractivity contribution is 0.780. The average molecular weight is 183 g/mol. The minimum atomic E-state index is 0.555. The van der Waals surface area contributed by atoms with Gasteiger partial charge in [0.25, 0.3) is 0 Å². The topological polar surface area (TPSA) is 0 Å². The Morgan fingerprint density at radius 2 is 1.79 bits per heavy atom. The minimum absolute atomic E-state index is 0.555. The van der Waals surface area contributed by atoms with Crippen molar-refractivity contribution in [2.24, 2.45) is 0 Å². The number of rotatable bonds is 2. The van der Waals surface area contributed by atoms with Crippen LogP contribution in [0.15, 0.2) is 42.5 Å². The summed E-state index contributed by atoms with van der Waals surface area (Å²) in [7, 11) is 0. The highest BCUT2D eigenvalue weighted by molar-refractivity contribution is 5.83. The van der Waals surface area contributed by atoms with E-state index < -0.39 is 0 Å². The van der Waals surface area contributed by atoms with Gasteiger partial charge in [0.1, 0.15) is 0 Å². The molecule has 0 nitrogen and oxygen atoms in total. The van der Waals surface area contributed by atoms with E-state index in [1.54, 1.807) is 0 Å². The first-order valence-corrected chi connectivity index (χ1v) is 5.09. The number of hydrogen-bond donors (Lipinski definition) is 0. The zero-order chi connectivity index (χ0) is 9.97. The zero-order valence-corrected chi connectivity index (χ0v) is 8.53. The highest BCUT2D eigenvalue weighted by Crippen LogP contribution is 2.23. The molecule has 71 valence electrons. The predicted octanol–water partition coefficient (Wildman–Crippen LogP) is 4.17. The highest BCUT2D eigenvalue weighted by atomic mass is 14.1. The monoisotopic (exact) mass is 183 g/mol. The van der Waals surface area contributed by atoms with Crippen molar-refractivity contribution in [1.82, 2.24) is 0 Å². The van der Waals surface area contributed by atoms with Crippen LogP contribution in [0.25, 0.3) is 10.8 Å². The Balaban J connectivity index is 2.51. The Labute approximate surface area is 85.6 Å². The Morgan fingerprint density at radius 1 is 1.07 bits per heavy atom. The lowest BCUT2D eigenvalue weighted by Gasteiger charge is -2.09. The number of benzene rings is 2. The number of hydrogen-bond acceptors (Lipinski definition) is 0. The summed E-state index contributed by atoms with van der Waals surface area (Å²) in [4.78, 5) is 0. The van der Waals surface area contributed by atoms with Gasteiger partial charge in [-0.2, -0.15) is 0 Å². The van der Waals surface area contributed by atoms with Crippen LogP contribution in [0, 0.1) is 6.92 Å². The molecule has 0 aliphatic carbocycles. The zero-order valence-electron chi connectivity index (χ0n) is 8.53. The Bertz CT molecular complexity index is 429. The molecular formula is C14H15. The van der Waals surface area contributed by atoms with E-state index in [0.29, 0.717) is 5.92 Å². The Morgan fingerprint density at radius 3 is 2.50 bits per heavy atom. The largest absolute Gasteiger partial charge is 0.0616 e. The molecule has 0 aliphatic rings. The molecule has 0 bridgehead atoms. The first kappa shape index (κ1) is 9.26. The smallest absolute Gasteiger partial charge is 0.0181 e. The van der Waals surface area contributed by atoms with E-state index in [-0.39, 0.29) is 0 Å². The molecule has 2 aromatic rings. The normalized spacial score (nSPS) is 13.0. The third kappa shape index (κ3) is 1.65. The summed E-state index contributed by atoms with van der Waals surface area (Å²) in [5, 5.41) is 2.64. The number of fused-ring (bicyclic) bond motifs is 1. The SMILES string of the molecule is [CH2]CC(C)c1ccc2ccccc2c1.